The number of para-hydroxylation sites is 1. The average molecular weight is 372 g/mol. The Morgan fingerprint density at radius 1 is 1.17 bits per heavy atom. The van der Waals surface area contributed by atoms with Gasteiger partial charge in [-0.1, -0.05) is 12.1 Å². The SMILES string of the molecule is CN(C)CCCn1c2c(c(=O)c3ccccc31)CCCN2C.Cl.Cl. The van der Waals surface area contributed by atoms with Gasteiger partial charge in [0.05, 0.1) is 5.52 Å². The zero-order valence-corrected chi connectivity index (χ0v) is 16.3. The summed E-state index contributed by atoms with van der Waals surface area (Å²) >= 11 is 0. The maximum Gasteiger partial charge on any atom is 0.194 e. The molecule has 0 bridgehead atoms. The van der Waals surface area contributed by atoms with E-state index >= 15 is 0 Å². The Bertz CT molecular complexity index is 743. The third-order valence-electron chi connectivity index (χ3n) is 4.51. The van der Waals surface area contributed by atoms with Gasteiger partial charge >= 0.3 is 0 Å². The van der Waals surface area contributed by atoms with Crippen LogP contribution in [0.25, 0.3) is 10.9 Å². The second kappa shape index (κ2) is 8.75. The molecule has 0 N–H and O–H groups in total. The van der Waals surface area contributed by atoms with Crippen molar-refractivity contribution in [2.75, 3.05) is 39.1 Å². The molecule has 0 unspecified atom stereocenters. The molecule has 0 spiro atoms. The van der Waals surface area contributed by atoms with Crippen LogP contribution >= 0.6 is 24.8 Å². The Balaban J connectivity index is 0.00000144. The number of anilines is 1. The Morgan fingerprint density at radius 2 is 1.88 bits per heavy atom. The van der Waals surface area contributed by atoms with E-state index in [1.165, 1.54) is 0 Å². The molecular formula is C18H27Cl2N3O. The molecule has 1 aliphatic rings. The number of halogens is 2. The van der Waals surface area contributed by atoms with Crippen molar-refractivity contribution in [1.82, 2.24) is 9.47 Å². The van der Waals surface area contributed by atoms with E-state index in [0.717, 1.165) is 61.2 Å². The van der Waals surface area contributed by atoms with Crippen molar-refractivity contribution < 1.29 is 0 Å². The smallest absolute Gasteiger partial charge is 0.194 e. The molecule has 6 heteroatoms. The molecule has 24 heavy (non-hydrogen) atoms. The molecule has 4 nitrogen and oxygen atoms in total. The molecule has 0 saturated heterocycles. The van der Waals surface area contributed by atoms with Gasteiger partial charge in [-0.25, -0.2) is 0 Å². The number of aromatic nitrogens is 1. The standard InChI is InChI=1S/C18H25N3O.2ClH/c1-19(2)11-7-13-21-16-10-5-4-8-14(16)17(22)15-9-6-12-20(3)18(15)21;;/h4-5,8,10H,6-7,9,11-13H2,1-3H3;2*1H. The fraction of sp³-hybridized carbons (Fsp3) is 0.500. The predicted octanol–water partition coefficient (Wildman–Crippen LogP) is 3.18. The van der Waals surface area contributed by atoms with Crippen LogP contribution in [0.2, 0.25) is 0 Å². The maximum absolute atomic E-state index is 12.8. The number of benzene rings is 1. The van der Waals surface area contributed by atoms with E-state index in [1.54, 1.807) is 0 Å². The molecule has 2 heterocycles. The van der Waals surface area contributed by atoms with Gasteiger partial charge in [-0.2, -0.15) is 0 Å². The Hall–Kier alpha value is -1.23. The van der Waals surface area contributed by atoms with Crippen molar-refractivity contribution in [1.29, 1.82) is 0 Å². The quantitative estimate of drug-likeness (QED) is 0.825. The number of rotatable bonds is 4. The van der Waals surface area contributed by atoms with Crippen molar-refractivity contribution >= 4 is 41.5 Å². The number of hydrogen-bond donors (Lipinski definition) is 0. The summed E-state index contributed by atoms with van der Waals surface area (Å²) < 4.78 is 2.36. The van der Waals surface area contributed by atoms with Crippen LogP contribution in [0.4, 0.5) is 5.82 Å². The van der Waals surface area contributed by atoms with Gasteiger partial charge in [0, 0.05) is 31.1 Å². The van der Waals surface area contributed by atoms with Gasteiger partial charge in [-0.15, -0.1) is 24.8 Å². The van der Waals surface area contributed by atoms with Gasteiger partial charge in [0.15, 0.2) is 5.43 Å². The molecule has 2 aromatic rings. The van der Waals surface area contributed by atoms with Crippen molar-refractivity contribution in [2.45, 2.75) is 25.8 Å². The number of hydrogen-bond acceptors (Lipinski definition) is 3. The van der Waals surface area contributed by atoms with E-state index < -0.39 is 0 Å². The maximum atomic E-state index is 12.8. The van der Waals surface area contributed by atoms with Crippen LogP contribution in [0.5, 0.6) is 0 Å². The minimum absolute atomic E-state index is 0. The summed E-state index contributed by atoms with van der Waals surface area (Å²) in [6.45, 7) is 3.03. The fourth-order valence-electron chi connectivity index (χ4n) is 3.47. The van der Waals surface area contributed by atoms with Gasteiger partial charge in [0.2, 0.25) is 0 Å². The van der Waals surface area contributed by atoms with E-state index in [4.69, 9.17) is 0 Å². The first-order valence-electron chi connectivity index (χ1n) is 8.10. The van der Waals surface area contributed by atoms with Crippen molar-refractivity contribution in [3.8, 4) is 0 Å². The monoisotopic (exact) mass is 371 g/mol. The molecule has 134 valence electrons. The lowest BCUT2D eigenvalue weighted by Gasteiger charge is -2.31. The van der Waals surface area contributed by atoms with E-state index in [-0.39, 0.29) is 30.2 Å². The normalized spacial score (nSPS) is 13.4. The molecule has 1 aromatic carbocycles. The molecule has 0 amide bonds. The molecule has 1 aliphatic heterocycles. The van der Waals surface area contributed by atoms with Crippen LogP contribution in [-0.2, 0) is 13.0 Å². The highest BCUT2D eigenvalue weighted by atomic mass is 35.5. The summed E-state index contributed by atoms with van der Waals surface area (Å²) in [7, 11) is 6.31. The Labute approximate surface area is 156 Å². The highest BCUT2D eigenvalue weighted by Gasteiger charge is 2.22. The second-order valence-corrected chi connectivity index (χ2v) is 6.48. The molecule has 1 aromatic heterocycles. The second-order valence-electron chi connectivity index (χ2n) is 6.48. The summed E-state index contributed by atoms with van der Waals surface area (Å²) in [5.74, 6) is 1.13. The van der Waals surface area contributed by atoms with Crippen LogP contribution in [-0.4, -0.2) is 43.7 Å². The lowest BCUT2D eigenvalue weighted by atomic mass is 10.0. The first-order chi connectivity index (χ1) is 10.6. The predicted molar refractivity (Wildman–Crippen MR) is 107 cm³/mol. The zero-order chi connectivity index (χ0) is 15.7. The number of nitrogens with zero attached hydrogens (tertiary/aromatic N) is 3. The van der Waals surface area contributed by atoms with Crippen LogP contribution in [0.15, 0.2) is 29.1 Å². The summed E-state index contributed by atoms with van der Waals surface area (Å²) in [5, 5.41) is 0.862. The molecule has 3 rings (SSSR count). The highest BCUT2D eigenvalue weighted by molar-refractivity contribution is 5.85. The number of fused-ring (bicyclic) bond motifs is 2. The lowest BCUT2D eigenvalue weighted by Crippen LogP contribution is -2.33. The molecule has 0 fully saturated rings. The van der Waals surface area contributed by atoms with Gasteiger partial charge in [0.1, 0.15) is 5.82 Å². The topological polar surface area (TPSA) is 28.5 Å². The largest absolute Gasteiger partial charge is 0.361 e. The van der Waals surface area contributed by atoms with Gasteiger partial charge in [-0.05, 0) is 52.0 Å². The average Bonchev–Trinajstić information content (AvgIpc) is 2.50. The first kappa shape index (κ1) is 20.8. The fourth-order valence-corrected chi connectivity index (χ4v) is 3.47. The van der Waals surface area contributed by atoms with Crippen LogP contribution < -0.4 is 10.3 Å². The van der Waals surface area contributed by atoms with E-state index in [2.05, 4.69) is 41.6 Å². The van der Waals surface area contributed by atoms with Crippen LogP contribution in [0, 0.1) is 0 Å². The zero-order valence-electron chi connectivity index (χ0n) is 14.6. The van der Waals surface area contributed by atoms with E-state index in [1.807, 2.05) is 18.2 Å². The van der Waals surface area contributed by atoms with E-state index in [9.17, 15) is 4.79 Å². The minimum Gasteiger partial charge on any atom is -0.361 e. The van der Waals surface area contributed by atoms with Gasteiger partial charge < -0.3 is 14.4 Å². The Morgan fingerprint density at radius 3 is 2.58 bits per heavy atom. The molecule has 0 saturated carbocycles. The molecule has 0 radical (unpaired) electrons. The molecule has 0 aliphatic carbocycles. The summed E-state index contributed by atoms with van der Waals surface area (Å²) in [5.41, 5.74) is 2.29. The summed E-state index contributed by atoms with van der Waals surface area (Å²) in [6, 6.07) is 8.04. The lowest BCUT2D eigenvalue weighted by molar-refractivity contribution is 0.387. The minimum atomic E-state index is 0. The van der Waals surface area contributed by atoms with Crippen LogP contribution in [0.1, 0.15) is 18.4 Å². The molecule has 0 atom stereocenters. The third kappa shape index (κ3) is 3.88. The van der Waals surface area contributed by atoms with Crippen LogP contribution in [0.3, 0.4) is 0 Å². The highest BCUT2D eigenvalue weighted by Crippen LogP contribution is 2.28. The van der Waals surface area contributed by atoms with Gasteiger partial charge in [0.25, 0.3) is 0 Å². The Kier molecular flexibility index (Phi) is 7.58. The van der Waals surface area contributed by atoms with Crippen molar-refractivity contribution in [3.05, 3.63) is 40.1 Å². The first-order valence-corrected chi connectivity index (χ1v) is 8.10. The van der Waals surface area contributed by atoms with Gasteiger partial charge in [-0.3, -0.25) is 4.79 Å². The summed E-state index contributed by atoms with van der Waals surface area (Å²) in [4.78, 5) is 17.3. The van der Waals surface area contributed by atoms with E-state index in [0.29, 0.717) is 0 Å². The third-order valence-corrected chi connectivity index (χ3v) is 4.51. The van der Waals surface area contributed by atoms with Crippen molar-refractivity contribution in [3.63, 3.8) is 0 Å². The summed E-state index contributed by atoms with van der Waals surface area (Å²) in [6.07, 6.45) is 3.05. The van der Waals surface area contributed by atoms with Crippen molar-refractivity contribution in [2.24, 2.45) is 0 Å². The molecular weight excluding hydrogens is 345 g/mol. The number of aryl methyl sites for hydroxylation is 1. The number of pyridine rings is 1.